The molecule has 66 heavy (non-hydrogen) atoms. The lowest BCUT2D eigenvalue weighted by Gasteiger charge is -2.11. The number of hydrogen-bond acceptors (Lipinski definition) is 2. The molecule has 14 rings (SSSR count). The van der Waals surface area contributed by atoms with Crippen LogP contribution in [-0.2, 0) is 0 Å². The number of aromatic nitrogens is 4. The molecule has 0 N–H and O–H groups in total. The average Bonchev–Trinajstić information content (AvgIpc) is 4.02. The van der Waals surface area contributed by atoms with E-state index in [-0.39, 0.29) is 0 Å². The Morgan fingerprint density at radius 3 is 1.29 bits per heavy atom. The van der Waals surface area contributed by atoms with Gasteiger partial charge in [0.25, 0.3) is 0 Å². The number of hydrogen-bond donors (Lipinski definition) is 0. The number of para-hydroxylation sites is 1. The van der Waals surface area contributed by atoms with Crippen LogP contribution in [0.5, 0.6) is 0 Å². The predicted octanol–water partition coefficient (Wildman–Crippen LogP) is 16.1. The zero-order valence-electron chi connectivity index (χ0n) is 35.7. The Labute approximate surface area is 381 Å². The van der Waals surface area contributed by atoms with Gasteiger partial charge in [-0.3, -0.25) is 0 Å². The number of rotatable bonds is 6. The molecule has 1 aliphatic rings. The van der Waals surface area contributed by atoms with Gasteiger partial charge >= 0.3 is 0 Å². The van der Waals surface area contributed by atoms with E-state index in [1.807, 2.05) is 6.20 Å². The van der Waals surface area contributed by atoms with Crippen LogP contribution in [0.15, 0.2) is 231 Å². The molecule has 0 spiro atoms. The van der Waals surface area contributed by atoms with Crippen LogP contribution in [-0.4, -0.2) is 19.1 Å². The van der Waals surface area contributed by atoms with Gasteiger partial charge in [0.2, 0.25) is 0 Å². The number of fused-ring (bicyclic) bond motifs is 9. The van der Waals surface area contributed by atoms with Crippen LogP contribution in [0.4, 0.5) is 0 Å². The summed E-state index contributed by atoms with van der Waals surface area (Å²) in [7, 11) is 0. The molecular weight excluding hydrogens is 801 g/mol. The van der Waals surface area contributed by atoms with Gasteiger partial charge < -0.3 is 9.13 Å². The Kier molecular flexibility index (Phi) is 7.95. The van der Waals surface area contributed by atoms with Gasteiger partial charge in [-0.05, 0) is 123 Å². The lowest BCUT2D eigenvalue weighted by molar-refractivity contribution is 1.16. The van der Waals surface area contributed by atoms with Crippen LogP contribution in [0.25, 0.3) is 133 Å². The highest BCUT2D eigenvalue weighted by Crippen LogP contribution is 2.47. The summed E-state index contributed by atoms with van der Waals surface area (Å²) in [5, 5.41) is 7.34. The van der Waals surface area contributed by atoms with Crippen molar-refractivity contribution >= 4 is 54.4 Å². The van der Waals surface area contributed by atoms with E-state index in [1.54, 1.807) is 0 Å². The van der Waals surface area contributed by atoms with Crippen molar-refractivity contribution in [3.8, 4) is 78.5 Å². The van der Waals surface area contributed by atoms with E-state index in [0.29, 0.717) is 0 Å². The molecule has 3 aromatic heterocycles. The monoisotopic (exact) mass is 838 g/mol. The molecular formula is C62H38N4. The fraction of sp³-hybridized carbons (Fsp3) is 0. The second kappa shape index (κ2) is 14.3. The van der Waals surface area contributed by atoms with Gasteiger partial charge in [-0.15, -0.1) is 0 Å². The highest BCUT2D eigenvalue weighted by molar-refractivity contribution is 6.15. The summed E-state index contributed by atoms with van der Waals surface area (Å²) in [6.45, 7) is 0. The third kappa shape index (κ3) is 5.58. The third-order valence-electron chi connectivity index (χ3n) is 13.7. The van der Waals surface area contributed by atoms with Crippen molar-refractivity contribution in [1.82, 2.24) is 19.1 Å². The molecule has 0 amide bonds. The first-order chi connectivity index (χ1) is 32.7. The van der Waals surface area contributed by atoms with Crippen molar-refractivity contribution in [2.75, 3.05) is 0 Å². The van der Waals surface area contributed by atoms with Crippen LogP contribution in [0.3, 0.4) is 0 Å². The Hall–Kier alpha value is -8.86. The van der Waals surface area contributed by atoms with Gasteiger partial charge in [-0.2, -0.15) is 0 Å². The van der Waals surface area contributed by atoms with Crippen LogP contribution in [0.2, 0.25) is 0 Å². The van der Waals surface area contributed by atoms with Crippen LogP contribution < -0.4 is 0 Å². The summed E-state index contributed by atoms with van der Waals surface area (Å²) in [5.41, 5.74) is 19.5. The normalized spacial score (nSPS) is 11.9. The van der Waals surface area contributed by atoms with E-state index >= 15 is 0 Å². The summed E-state index contributed by atoms with van der Waals surface area (Å²) in [6.07, 6.45) is 2.01. The summed E-state index contributed by atoms with van der Waals surface area (Å²) >= 11 is 0. The van der Waals surface area contributed by atoms with Gasteiger partial charge in [-0.25, -0.2) is 9.97 Å². The molecule has 4 nitrogen and oxygen atoms in total. The largest absolute Gasteiger partial charge is 0.309 e. The quantitative estimate of drug-likeness (QED) is 0.167. The molecule has 0 saturated heterocycles. The molecule has 13 aromatic rings. The fourth-order valence-corrected chi connectivity index (χ4v) is 10.6. The van der Waals surface area contributed by atoms with E-state index < -0.39 is 0 Å². The molecule has 0 saturated carbocycles. The van der Waals surface area contributed by atoms with Gasteiger partial charge in [0.05, 0.1) is 27.8 Å². The van der Waals surface area contributed by atoms with Crippen molar-refractivity contribution in [3.63, 3.8) is 0 Å². The SMILES string of the molecule is c1ccc(-c2ccc3c(c2)c2cc(-c4ccc5c(c4)c4cc(-c6ccccc6)ccc4n5-c4cccc(-c5ncc6c(n5)-c5cccc7cccc-6c57)c4)ccc2n3-c2ccccc2)cc1. The molecule has 0 unspecified atom stereocenters. The van der Waals surface area contributed by atoms with Crippen LogP contribution in [0.1, 0.15) is 0 Å². The Morgan fingerprint density at radius 1 is 0.303 bits per heavy atom. The Morgan fingerprint density at radius 2 is 0.742 bits per heavy atom. The minimum atomic E-state index is 0.717. The second-order valence-electron chi connectivity index (χ2n) is 17.4. The standard InChI is InChI=1S/C62H38N4/c1-4-13-39(14-5-1)42-25-29-56-51(34-42)53-36-44(27-31-57(53)65(56)47-20-8-3-9-21-47)45-28-32-59-54(37-45)52-35-43(40-15-6-2-7-16-40)26-30-58(52)66(59)48-22-10-19-46(33-48)62-63-38-55-49-23-11-17-41-18-12-24-50(60(41)49)61(55)64-62/h1-38H. The van der Waals surface area contributed by atoms with Crippen molar-refractivity contribution < 1.29 is 0 Å². The highest BCUT2D eigenvalue weighted by Gasteiger charge is 2.24. The zero-order chi connectivity index (χ0) is 43.3. The van der Waals surface area contributed by atoms with Crippen molar-refractivity contribution in [1.29, 1.82) is 0 Å². The van der Waals surface area contributed by atoms with E-state index in [1.165, 1.54) is 87.9 Å². The van der Waals surface area contributed by atoms with Crippen molar-refractivity contribution in [2.24, 2.45) is 0 Å². The van der Waals surface area contributed by atoms with Gasteiger partial charge in [0, 0.05) is 55.8 Å². The molecule has 306 valence electrons. The van der Waals surface area contributed by atoms with Gasteiger partial charge in [0.15, 0.2) is 5.82 Å². The molecule has 0 radical (unpaired) electrons. The smallest absolute Gasteiger partial charge is 0.159 e. The minimum Gasteiger partial charge on any atom is -0.309 e. The molecule has 4 heteroatoms. The van der Waals surface area contributed by atoms with E-state index in [9.17, 15) is 0 Å². The predicted molar refractivity (Wildman–Crippen MR) is 274 cm³/mol. The molecule has 1 aliphatic carbocycles. The van der Waals surface area contributed by atoms with E-state index in [4.69, 9.17) is 9.97 Å². The number of benzene rings is 10. The van der Waals surface area contributed by atoms with E-state index in [2.05, 4.69) is 234 Å². The lowest BCUT2D eigenvalue weighted by Crippen LogP contribution is -1.97. The average molecular weight is 839 g/mol. The lowest BCUT2D eigenvalue weighted by atomic mass is 9.98. The zero-order valence-corrected chi connectivity index (χ0v) is 35.7. The summed E-state index contributed by atoms with van der Waals surface area (Å²) in [4.78, 5) is 10.2. The van der Waals surface area contributed by atoms with Gasteiger partial charge in [0.1, 0.15) is 0 Å². The van der Waals surface area contributed by atoms with Crippen LogP contribution in [0, 0.1) is 0 Å². The van der Waals surface area contributed by atoms with E-state index in [0.717, 1.165) is 45.1 Å². The van der Waals surface area contributed by atoms with Crippen LogP contribution >= 0.6 is 0 Å². The van der Waals surface area contributed by atoms with Crippen molar-refractivity contribution in [2.45, 2.75) is 0 Å². The van der Waals surface area contributed by atoms with Crippen molar-refractivity contribution in [3.05, 3.63) is 231 Å². The molecule has 0 aliphatic heterocycles. The summed E-state index contributed by atoms with van der Waals surface area (Å²) < 4.78 is 4.80. The summed E-state index contributed by atoms with van der Waals surface area (Å²) in [5.74, 6) is 0.717. The number of nitrogens with zero attached hydrogens (tertiary/aromatic N) is 4. The molecule has 0 bridgehead atoms. The highest BCUT2D eigenvalue weighted by atomic mass is 15.0. The maximum absolute atomic E-state index is 5.26. The molecule has 0 fully saturated rings. The Balaban J connectivity index is 0.939. The molecule has 0 atom stereocenters. The topological polar surface area (TPSA) is 35.6 Å². The van der Waals surface area contributed by atoms with Gasteiger partial charge in [-0.1, -0.05) is 152 Å². The molecule has 10 aromatic carbocycles. The fourth-order valence-electron chi connectivity index (χ4n) is 10.6. The molecule has 3 heterocycles. The third-order valence-corrected chi connectivity index (χ3v) is 13.7. The first-order valence-corrected chi connectivity index (χ1v) is 22.6. The first kappa shape index (κ1) is 36.6. The minimum absolute atomic E-state index is 0.717. The Bertz CT molecular complexity index is 4080. The maximum Gasteiger partial charge on any atom is 0.159 e. The summed E-state index contributed by atoms with van der Waals surface area (Å²) in [6, 6.07) is 81.4. The maximum atomic E-state index is 5.26. The second-order valence-corrected chi connectivity index (χ2v) is 17.4. The first-order valence-electron chi connectivity index (χ1n) is 22.6.